The Bertz CT molecular complexity index is 848. The van der Waals surface area contributed by atoms with Crippen LogP contribution in [0.25, 0.3) is 0 Å². The molecule has 25 heavy (non-hydrogen) atoms. The monoisotopic (exact) mass is 355 g/mol. The summed E-state index contributed by atoms with van der Waals surface area (Å²) in [5.74, 6) is 0.221. The van der Waals surface area contributed by atoms with E-state index in [9.17, 15) is 4.79 Å². The number of rotatable bonds is 2. The fraction of sp³-hybridized carbons (Fsp3) is 0.167. The summed E-state index contributed by atoms with van der Waals surface area (Å²) < 4.78 is 0. The lowest BCUT2D eigenvalue weighted by Crippen LogP contribution is -2.47. The Morgan fingerprint density at radius 3 is 2.64 bits per heavy atom. The number of guanidine groups is 1. The molecule has 0 unspecified atom stereocenters. The van der Waals surface area contributed by atoms with Crippen molar-refractivity contribution in [2.75, 3.05) is 6.54 Å². The lowest BCUT2D eigenvalue weighted by molar-refractivity contribution is -0.119. The summed E-state index contributed by atoms with van der Waals surface area (Å²) in [6.07, 6.45) is 0. The number of carbonyl (C=O) groups is 1. The van der Waals surface area contributed by atoms with E-state index in [1.54, 1.807) is 11.1 Å². The van der Waals surface area contributed by atoms with E-state index in [4.69, 9.17) is 16.7 Å². The summed E-state index contributed by atoms with van der Waals surface area (Å²) in [5, 5.41) is 7.06. The van der Waals surface area contributed by atoms with Gasteiger partial charge in [-0.1, -0.05) is 41.9 Å². The summed E-state index contributed by atoms with van der Waals surface area (Å²) >= 11 is 6.20. The Morgan fingerprint density at radius 2 is 1.96 bits per heavy atom. The van der Waals surface area contributed by atoms with Crippen molar-refractivity contribution in [2.45, 2.75) is 13.8 Å². The van der Waals surface area contributed by atoms with Crippen LogP contribution < -0.4 is 10.9 Å². The molecule has 0 saturated carbocycles. The molecule has 2 aromatic carbocycles. The zero-order valence-electron chi connectivity index (χ0n) is 14.0. The Balaban J connectivity index is 2.14. The molecule has 1 heterocycles. The van der Waals surface area contributed by atoms with Gasteiger partial charge < -0.3 is 0 Å². The maximum absolute atomic E-state index is 11.2. The summed E-state index contributed by atoms with van der Waals surface area (Å²) in [6.45, 7) is 3.95. The molecule has 2 aromatic rings. The van der Waals surface area contributed by atoms with Gasteiger partial charge in [0, 0.05) is 29.6 Å². The second-order valence-electron chi connectivity index (χ2n) is 5.43. The van der Waals surface area contributed by atoms with Crippen LogP contribution in [0.5, 0.6) is 0 Å². The van der Waals surface area contributed by atoms with Crippen LogP contribution in [0.2, 0.25) is 5.02 Å². The third-order valence-electron chi connectivity index (χ3n) is 3.60. The first-order valence-electron chi connectivity index (χ1n) is 7.91. The van der Waals surface area contributed by atoms with Gasteiger partial charge in [0.15, 0.2) is 0 Å². The van der Waals surface area contributed by atoms with Crippen LogP contribution in [-0.2, 0) is 4.79 Å². The molecule has 2 N–H and O–H groups in total. The highest BCUT2D eigenvalue weighted by atomic mass is 35.5. The van der Waals surface area contributed by atoms with Crippen molar-refractivity contribution in [3.63, 3.8) is 0 Å². The van der Waals surface area contributed by atoms with Gasteiger partial charge >= 0.3 is 0 Å². The molecule has 1 amide bonds. The maximum atomic E-state index is 11.2. The first-order chi connectivity index (χ1) is 12.1. The number of hydrazone groups is 1. The van der Waals surface area contributed by atoms with Gasteiger partial charge in [-0.3, -0.25) is 15.6 Å². The first-order valence-corrected chi connectivity index (χ1v) is 8.29. The minimum Gasteiger partial charge on any atom is -0.274 e. The zero-order chi connectivity index (χ0) is 17.8. The largest absolute Gasteiger partial charge is 0.274 e. The van der Waals surface area contributed by atoms with Crippen molar-refractivity contribution in [3.8, 4) is 0 Å². The average molecular weight is 356 g/mol. The second kappa shape index (κ2) is 7.36. The van der Waals surface area contributed by atoms with Crippen LogP contribution in [0, 0.1) is 0 Å². The number of hydrogen-bond donors (Lipinski definition) is 2. The Hall–Kier alpha value is -2.86. The maximum Gasteiger partial charge on any atom is 0.239 e. The molecular formula is C18H18ClN5O. The highest BCUT2D eigenvalue weighted by molar-refractivity contribution is 6.31. The molecule has 1 aliphatic rings. The number of amides is 1. The Morgan fingerprint density at radius 1 is 1.20 bits per heavy atom. The van der Waals surface area contributed by atoms with Crippen molar-refractivity contribution in [3.05, 3.63) is 64.7 Å². The third-order valence-corrected chi connectivity index (χ3v) is 3.84. The van der Waals surface area contributed by atoms with E-state index in [-0.39, 0.29) is 5.91 Å². The van der Waals surface area contributed by atoms with E-state index in [1.807, 2.05) is 49.4 Å². The molecule has 7 heteroatoms. The summed E-state index contributed by atoms with van der Waals surface area (Å²) in [6, 6.07) is 15.3. The SMILES string of the molecule is CCN1N=C(c2ccccc2)c2cc(Cl)ccc2N=C1NNC(C)=O. The van der Waals surface area contributed by atoms with E-state index >= 15 is 0 Å². The minimum absolute atomic E-state index is 0.216. The fourth-order valence-electron chi connectivity index (χ4n) is 2.46. The third kappa shape index (κ3) is 3.80. The van der Waals surface area contributed by atoms with Gasteiger partial charge in [0.1, 0.15) is 5.71 Å². The van der Waals surface area contributed by atoms with Crippen molar-refractivity contribution in [1.29, 1.82) is 0 Å². The number of hydrogen-bond acceptors (Lipinski definition) is 5. The lowest BCUT2D eigenvalue weighted by Gasteiger charge is -2.19. The van der Waals surface area contributed by atoms with Crippen molar-refractivity contribution >= 4 is 34.9 Å². The fourth-order valence-corrected chi connectivity index (χ4v) is 2.63. The van der Waals surface area contributed by atoms with E-state index in [0.29, 0.717) is 17.5 Å². The van der Waals surface area contributed by atoms with Gasteiger partial charge in [0.2, 0.25) is 11.9 Å². The van der Waals surface area contributed by atoms with Gasteiger partial charge in [0.25, 0.3) is 0 Å². The van der Waals surface area contributed by atoms with E-state index in [1.165, 1.54) is 6.92 Å². The summed E-state index contributed by atoms with van der Waals surface area (Å²) in [5.41, 5.74) is 8.65. The van der Waals surface area contributed by atoms with Crippen LogP contribution in [0.4, 0.5) is 5.69 Å². The topological polar surface area (TPSA) is 69.1 Å². The smallest absolute Gasteiger partial charge is 0.239 e. The van der Waals surface area contributed by atoms with Crippen LogP contribution in [0.3, 0.4) is 0 Å². The predicted molar refractivity (Wildman–Crippen MR) is 100.0 cm³/mol. The van der Waals surface area contributed by atoms with E-state index in [0.717, 1.165) is 22.5 Å². The van der Waals surface area contributed by atoms with Gasteiger partial charge in [-0.2, -0.15) is 5.10 Å². The van der Waals surface area contributed by atoms with Crippen molar-refractivity contribution < 1.29 is 4.79 Å². The average Bonchev–Trinajstić information content (AvgIpc) is 2.77. The van der Waals surface area contributed by atoms with Crippen LogP contribution in [-0.4, -0.2) is 29.1 Å². The Kier molecular flexibility index (Phi) is 5.00. The van der Waals surface area contributed by atoms with Crippen molar-refractivity contribution in [2.24, 2.45) is 10.1 Å². The lowest BCUT2D eigenvalue weighted by atomic mass is 10.0. The number of carbonyl (C=O) groups excluding carboxylic acids is 1. The molecule has 0 aromatic heterocycles. The molecule has 0 aliphatic carbocycles. The molecule has 0 saturated heterocycles. The zero-order valence-corrected chi connectivity index (χ0v) is 14.7. The molecule has 0 radical (unpaired) electrons. The second-order valence-corrected chi connectivity index (χ2v) is 5.87. The Labute approximate surface area is 151 Å². The van der Waals surface area contributed by atoms with E-state index in [2.05, 4.69) is 15.8 Å². The number of fused-ring (bicyclic) bond motifs is 1. The highest BCUT2D eigenvalue weighted by Crippen LogP contribution is 2.29. The van der Waals surface area contributed by atoms with E-state index < -0.39 is 0 Å². The molecule has 0 bridgehead atoms. The quantitative estimate of drug-likeness (QED) is 0.813. The number of hydrazine groups is 1. The molecule has 0 atom stereocenters. The standard InChI is InChI=1S/C18H18ClN5O/c1-3-24-18(22-21-12(2)25)20-16-10-9-14(19)11-15(16)17(23-24)13-7-5-4-6-8-13/h4-11H,3H2,1-2H3,(H,20,22)(H,21,25). The number of halogens is 1. The predicted octanol–water partition coefficient (Wildman–Crippen LogP) is 3.06. The van der Waals surface area contributed by atoms with Crippen LogP contribution in [0.15, 0.2) is 58.6 Å². The normalized spacial score (nSPS) is 13.3. The van der Waals surface area contributed by atoms with Gasteiger partial charge in [-0.05, 0) is 25.1 Å². The number of nitrogens with one attached hydrogen (secondary N) is 2. The summed E-state index contributed by atoms with van der Waals surface area (Å²) in [7, 11) is 0. The van der Waals surface area contributed by atoms with Gasteiger partial charge in [-0.15, -0.1) is 0 Å². The van der Waals surface area contributed by atoms with Crippen LogP contribution >= 0.6 is 11.6 Å². The minimum atomic E-state index is -0.216. The molecular weight excluding hydrogens is 338 g/mol. The molecule has 6 nitrogen and oxygen atoms in total. The van der Waals surface area contributed by atoms with Crippen molar-refractivity contribution in [1.82, 2.24) is 15.9 Å². The molecule has 1 aliphatic heterocycles. The molecule has 0 spiro atoms. The summed E-state index contributed by atoms with van der Waals surface area (Å²) in [4.78, 5) is 15.9. The molecule has 3 rings (SSSR count). The van der Waals surface area contributed by atoms with Gasteiger partial charge in [-0.25, -0.2) is 10.0 Å². The number of aliphatic imine (C=N–C) groups is 1. The number of nitrogens with zero attached hydrogens (tertiary/aromatic N) is 3. The molecule has 0 fully saturated rings. The van der Waals surface area contributed by atoms with Crippen LogP contribution in [0.1, 0.15) is 25.0 Å². The highest BCUT2D eigenvalue weighted by Gasteiger charge is 2.21. The first kappa shape index (κ1) is 17.0. The number of benzene rings is 2. The molecule has 128 valence electrons. The van der Waals surface area contributed by atoms with Gasteiger partial charge in [0.05, 0.1) is 5.69 Å².